The van der Waals surface area contributed by atoms with E-state index in [1.807, 2.05) is 39.0 Å². The monoisotopic (exact) mass is 278 g/mol. The molecule has 19 heavy (non-hydrogen) atoms. The van der Waals surface area contributed by atoms with Crippen LogP contribution in [0.25, 0.3) is 0 Å². The van der Waals surface area contributed by atoms with Gasteiger partial charge in [0.15, 0.2) is 0 Å². The van der Waals surface area contributed by atoms with E-state index in [0.717, 1.165) is 11.1 Å². The number of halogens is 1. The molecular formula is C15H19ClN2O. The van der Waals surface area contributed by atoms with Gasteiger partial charge in [-0.1, -0.05) is 29.8 Å². The summed E-state index contributed by atoms with van der Waals surface area (Å²) in [5.41, 5.74) is 3.86. The largest absolute Gasteiger partial charge is 0.382 e. The van der Waals surface area contributed by atoms with Gasteiger partial charge in [-0.05, 0) is 44.4 Å². The molecule has 3 nitrogen and oxygen atoms in total. The molecule has 0 aliphatic rings. The fourth-order valence-electron chi connectivity index (χ4n) is 2.11. The molecule has 2 rings (SSSR count). The van der Waals surface area contributed by atoms with E-state index >= 15 is 0 Å². The van der Waals surface area contributed by atoms with Crippen molar-refractivity contribution < 1.29 is 5.11 Å². The molecule has 0 radical (unpaired) electrons. The molecule has 1 atom stereocenters. The fourth-order valence-corrected chi connectivity index (χ4v) is 2.34. The van der Waals surface area contributed by atoms with Gasteiger partial charge in [-0.15, -0.1) is 0 Å². The average molecular weight is 279 g/mol. The quantitative estimate of drug-likeness (QED) is 0.927. The van der Waals surface area contributed by atoms with Gasteiger partial charge >= 0.3 is 0 Å². The van der Waals surface area contributed by atoms with Crippen LogP contribution in [0.3, 0.4) is 0 Å². The second kappa shape index (κ2) is 5.35. The van der Waals surface area contributed by atoms with Crippen molar-refractivity contribution in [2.45, 2.75) is 39.8 Å². The van der Waals surface area contributed by atoms with Crippen molar-refractivity contribution in [2.75, 3.05) is 0 Å². The summed E-state index contributed by atoms with van der Waals surface area (Å²) in [6, 6.07) is 6.09. The van der Waals surface area contributed by atoms with E-state index in [1.165, 1.54) is 5.56 Å². The lowest BCUT2D eigenvalue weighted by molar-refractivity contribution is 0.205. The molecule has 1 N–H and O–H groups in total. The van der Waals surface area contributed by atoms with Crippen LogP contribution in [-0.4, -0.2) is 14.9 Å². The summed E-state index contributed by atoms with van der Waals surface area (Å²) in [5.74, 6) is 0. The van der Waals surface area contributed by atoms with Crippen LogP contribution in [0.5, 0.6) is 0 Å². The molecule has 0 spiro atoms. The summed E-state index contributed by atoms with van der Waals surface area (Å²) in [4.78, 5) is 0. The highest BCUT2D eigenvalue weighted by atomic mass is 35.5. The Balaban J connectivity index is 2.46. The van der Waals surface area contributed by atoms with E-state index in [2.05, 4.69) is 12.0 Å². The third kappa shape index (κ3) is 2.67. The number of hydrogen-bond acceptors (Lipinski definition) is 2. The molecule has 1 aromatic carbocycles. The molecule has 0 aliphatic carbocycles. The van der Waals surface area contributed by atoms with Gasteiger partial charge in [-0.2, -0.15) is 5.10 Å². The first-order valence-electron chi connectivity index (χ1n) is 6.40. The summed E-state index contributed by atoms with van der Waals surface area (Å²) in [6.07, 6.45) is 0.831. The van der Waals surface area contributed by atoms with Gasteiger partial charge in [-0.3, -0.25) is 4.68 Å². The van der Waals surface area contributed by atoms with Gasteiger partial charge in [0.05, 0.1) is 16.9 Å². The molecule has 4 heteroatoms. The minimum absolute atomic E-state index is 0.156. The van der Waals surface area contributed by atoms with Crippen LogP contribution in [0, 0.1) is 13.8 Å². The van der Waals surface area contributed by atoms with Gasteiger partial charge < -0.3 is 5.11 Å². The summed E-state index contributed by atoms with van der Waals surface area (Å²) in [7, 11) is 0. The van der Waals surface area contributed by atoms with Crippen LogP contribution in [0.15, 0.2) is 24.4 Å². The Morgan fingerprint density at radius 2 is 1.89 bits per heavy atom. The number of rotatable bonds is 3. The van der Waals surface area contributed by atoms with Crippen LogP contribution < -0.4 is 0 Å². The fraction of sp³-hybridized carbons (Fsp3) is 0.400. The SMILES string of the molecule is Cc1ccc(C(O)c2c(Cl)cnn2C(C)C)cc1C. The number of aromatic nitrogens is 2. The number of hydrogen-bond donors (Lipinski definition) is 1. The lowest BCUT2D eigenvalue weighted by atomic mass is 10.0. The Kier molecular flexibility index (Phi) is 3.97. The minimum atomic E-state index is -0.753. The van der Waals surface area contributed by atoms with E-state index in [0.29, 0.717) is 10.7 Å². The van der Waals surface area contributed by atoms with Crippen molar-refractivity contribution >= 4 is 11.6 Å². The Morgan fingerprint density at radius 1 is 1.21 bits per heavy atom. The van der Waals surface area contributed by atoms with Crippen molar-refractivity contribution in [1.29, 1.82) is 0 Å². The normalized spacial score (nSPS) is 13.0. The smallest absolute Gasteiger partial charge is 0.122 e. The highest BCUT2D eigenvalue weighted by molar-refractivity contribution is 6.31. The molecule has 0 amide bonds. The first-order valence-corrected chi connectivity index (χ1v) is 6.77. The van der Waals surface area contributed by atoms with Crippen LogP contribution in [-0.2, 0) is 0 Å². The molecule has 1 aromatic heterocycles. The summed E-state index contributed by atoms with van der Waals surface area (Å²) in [5, 5.41) is 15.3. The Labute approximate surface area is 118 Å². The highest BCUT2D eigenvalue weighted by Crippen LogP contribution is 2.30. The van der Waals surface area contributed by atoms with Gasteiger partial charge in [0.25, 0.3) is 0 Å². The first kappa shape index (κ1) is 14.1. The van der Waals surface area contributed by atoms with Crippen LogP contribution >= 0.6 is 11.6 Å². The number of aliphatic hydroxyl groups is 1. The van der Waals surface area contributed by atoms with Crippen molar-refractivity contribution in [3.63, 3.8) is 0 Å². The van der Waals surface area contributed by atoms with E-state index in [4.69, 9.17) is 11.6 Å². The van der Waals surface area contributed by atoms with Crippen molar-refractivity contribution in [2.24, 2.45) is 0 Å². The molecule has 0 fully saturated rings. The lowest BCUT2D eigenvalue weighted by Gasteiger charge is -2.17. The Morgan fingerprint density at radius 3 is 2.47 bits per heavy atom. The number of nitrogens with zero attached hydrogens (tertiary/aromatic N) is 2. The minimum Gasteiger partial charge on any atom is -0.382 e. The maximum Gasteiger partial charge on any atom is 0.122 e. The van der Waals surface area contributed by atoms with Crippen LogP contribution in [0.2, 0.25) is 5.02 Å². The predicted molar refractivity (Wildman–Crippen MR) is 77.6 cm³/mol. The second-order valence-electron chi connectivity index (χ2n) is 5.16. The molecule has 1 unspecified atom stereocenters. The molecule has 102 valence electrons. The van der Waals surface area contributed by atoms with E-state index in [-0.39, 0.29) is 6.04 Å². The molecule has 0 saturated heterocycles. The Hall–Kier alpha value is -1.32. The number of aryl methyl sites for hydroxylation is 2. The van der Waals surface area contributed by atoms with Gasteiger partial charge in [0.2, 0.25) is 0 Å². The summed E-state index contributed by atoms with van der Waals surface area (Å²) in [6.45, 7) is 8.11. The van der Waals surface area contributed by atoms with E-state index < -0.39 is 6.10 Å². The molecule has 0 saturated carbocycles. The highest BCUT2D eigenvalue weighted by Gasteiger charge is 2.21. The zero-order valence-electron chi connectivity index (χ0n) is 11.7. The molecular weight excluding hydrogens is 260 g/mol. The third-order valence-corrected chi connectivity index (χ3v) is 3.67. The molecule has 1 heterocycles. The predicted octanol–water partition coefficient (Wildman–Crippen LogP) is 3.82. The summed E-state index contributed by atoms with van der Waals surface area (Å²) >= 11 is 6.16. The topological polar surface area (TPSA) is 38.1 Å². The van der Waals surface area contributed by atoms with E-state index in [1.54, 1.807) is 10.9 Å². The molecule has 0 aliphatic heterocycles. The number of aliphatic hydroxyl groups excluding tert-OH is 1. The average Bonchev–Trinajstić information content (AvgIpc) is 2.74. The zero-order chi connectivity index (χ0) is 14.2. The van der Waals surface area contributed by atoms with Crippen LogP contribution in [0.4, 0.5) is 0 Å². The molecule has 2 aromatic rings. The maximum atomic E-state index is 10.6. The maximum absolute atomic E-state index is 10.6. The van der Waals surface area contributed by atoms with Gasteiger partial charge in [-0.25, -0.2) is 0 Å². The van der Waals surface area contributed by atoms with Crippen molar-refractivity contribution in [3.8, 4) is 0 Å². The first-order chi connectivity index (χ1) is 8.91. The third-order valence-electron chi connectivity index (χ3n) is 3.38. The van der Waals surface area contributed by atoms with Crippen molar-refractivity contribution in [3.05, 3.63) is 51.8 Å². The second-order valence-corrected chi connectivity index (χ2v) is 5.57. The van der Waals surface area contributed by atoms with Gasteiger partial charge in [0.1, 0.15) is 6.10 Å². The lowest BCUT2D eigenvalue weighted by Crippen LogP contribution is -2.12. The van der Waals surface area contributed by atoms with Crippen molar-refractivity contribution in [1.82, 2.24) is 9.78 Å². The summed E-state index contributed by atoms with van der Waals surface area (Å²) < 4.78 is 1.77. The van der Waals surface area contributed by atoms with Crippen LogP contribution in [0.1, 0.15) is 48.4 Å². The standard InChI is InChI=1S/C15H19ClN2O/c1-9(2)18-14(13(16)8-17-18)15(19)12-6-5-10(3)11(4)7-12/h5-9,15,19H,1-4H3. The number of benzene rings is 1. The van der Waals surface area contributed by atoms with Gasteiger partial charge in [0, 0.05) is 6.04 Å². The molecule has 0 bridgehead atoms. The zero-order valence-corrected chi connectivity index (χ0v) is 12.4. The Bertz CT molecular complexity index is 590. The van der Waals surface area contributed by atoms with E-state index in [9.17, 15) is 5.11 Å².